The van der Waals surface area contributed by atoms with E-state index in [9.17, 15) is 10.2 Å². The number of benzene rings is 1. The smallest absolute Gasteiger partial charge is 0.115 e. The first-order valence-electron chi connectivity index (χ1n) is 8.34. The molecule has 4 fully saturated rings. The van der Waals surface area contributed by atoms with Crippen LogP contribution in [-0.4, -0.2) is 22.3 Å². The number of phenolic OH excluding ortho intramolecular Hbond substituents is 1. The minimum Gasteiger partial charge on any atom is -0.508 e. The van der Waals surface area contributed by atoms with Gasteiger partial charge in [-0.25, -0.2) is 0 Å². The molecule has 0 spiro atoms. The number of aromatic hydroxyl groups is 1. The molecule has 0 aliphatic heterocycles. The highest BCUT2D eigenvalue weighted by atomic mass is 16.3. The summed E-state index contributed by atoms with van der Waals surface area (Å²) in [5.41, 5.74) is 1.18. The summed E-state index contributed by atoms with van der Waals surface area (Å²) in [4.78, 5) is 0. The summed E-state index contributed by atoms with van der Waals surface area (Å²) >= 11 is 0. The van der Waals surface area contributed by atoms with E-state index in [1.54, 1.807) is 24.3 Å². The van der Waals surface area contributed by atoms with Crippen molar-refractivity contribution in [1.82, 2.24) is 5.32 Å². The maximum atomic E-state index is 10.4. The number of aliphatic hydroxyl groups excluding tert-OH is 1. The molecule has 4 aliphatic carbocycles. The SMILES string of the molecule is Oc1ccc(C(O)CNC23CC4CC(CC(C4)C2)C3)cc1. The maximum Gasteiger partial charge on any atom is 0.115 e. The Morgan fingerprint density at radius 1 is 1.00 bits per heavy atom. The van der Waals surface area contributed by atoms with Gasteiger partial charge in [-0.3, -0.25) is 0 Å². The van der Waals surface area contributed by atoms with Crippen LogP contribution in [0.4, 0.5) is 0 Å². The molecule has 0 aromatic heterocycles. The van der Waals surface area contributed by atoms with Crippen molar-refractivity contribution in [1.29, 1.82) is 0 Å². The molecule has 21 heavy (non-hydrogen) atoms. The highest BCUT2D eigenvalue weighted by Crippen LogP contribution is 2.55. The molecule has 3 nitrogen and oxygen atoms in total. The second-order valence-corrected chi connectivity index (χ2v) is 7.69. The first-order chi connectivity index (χ1) is 10.1. The van der Waals surface area contributed by atoms with Crippen molar-refractivity contribution in [3.05, 3.63) is 29.8 Å². The molecule has 5 rings (SSSR count). The predicted octanol–water partition coefficient (Wildman–Crippen LogP) is 2.98. The Morgan fingerprint density at radius 3 is 2.05 bits per heavy atom. The summed E-state index contributed by atoms with van der Waals surface area (Å²) in [5, 5.41) is 23.4. The van der Waals surface area contributed by atoms with E-state index in [4.69, 9.17) is 0 Å². The highest BCUT2D eigenvalue weighted by molar-refractivity contribution is 5.27. The van der Waals surface area contributed by atoms with Gasteiger partial charge in [-0.1, -0.05) is 12.1 Å². The van der Waals surface area contributed by atoms with E-state index in [1.807, 2.05) is 0 Å². The van der Waals surface area contributed by atoms with Crippen LogP contribution < -0.4 is 5.32 Å². The molecule has 0 amide bonds. The molecular weight excluding hydrogens is 262 g/mol. The van der Waals surface area contributed by atoms with E-state index in [0.717, 1.165) is 23.3 Å². The number of nitrogens with one attached hydrogen (secondary N) is 1. The fourth-order valence-corrected chi connectivity index (χ4v) is 5.45. The molecule has 0 heterocycles. The van der Waals surface area contributed by atoms with Gasteiger partial charge in [0.15, 0.2) is 0 Å². The lowest BCUT2D eigenvalue weighted by Gasteiger charge is -2.57. The quantitative estimate of drug-likeness (QED) is 0.798. The normalized spacial score (nSPS) is 38.6. The molecule has 1 aromatic carbocycles. The third-order valence-electron chi connectivity index (χ3n) is 5.99. The Balaban J connectivity index is 1.41. The second kappa shape index (κ2) is 4.99. The molecule has 3 heteroatoms. The van der Waals surface area contributed by atoms with Gasteiger partial charge in [0.2, 0.25) is 0 Å². The summed E-state index contributed by atoms with van der Waals surface area (Å²) in [5.74, 6) is 3.03. The van der Waals surface area contributed by atoms with Crippen LogP contribution in [0.5, 0.6) is 5.75 Å². The molecule has 0 saturated heterocycles. The van der Waals surface area contributed by atoms with Crippen LogP contribution in [0.15, 0.2) is 24.3 Å². The van der Waals surface area contributed by atoms with E-state index in [0.29, 0.717) is 12.1 Å². The van der Waals surface area contributed by atoms with Gasteiger partial charge in [0, 0.05) is 12.1 Å². The Kier molecular flexibility index (Phi) is 3.23. The molecule has 4 saturated carbocycles. The lowest BCUT2D eigenvalue weighted by molar-refractivity contribution is -0.0248. The minimum atomic E-state index is -0.487. The van der Waals surface area contributed by atoms with Crippen molar-refractivity contribution >= 4 is 0 Å². The summed E-state index contributed by atoms with van der Waals surface area (Å²) in [7, 11) is 0. The lowest BCUT2D eigenvalue weighted by atomic mass is 9.53. The van der Waals surface area contributed by atoms with Crippen LogP contribution >= 0.6 is 0 Å². The van der Waals surface area contributed by atoms with E-state index in [-0.39, 0.29) is 5.75 Å². The zero-order valence-corrected chi connectivity index (χ0v) is 12.5. The monoisotopic (exact) mass is 287 g/mol. The standard InChI is InChI=1S/C18H25NO2/c20-16-3-1-15(2-4-16)17(21)11-19-18-8-12-5-13(9-18)7-14(6-12)10-18/h1-4,12-14,17,19-21H,5-11H2. The number of rotatable bonds is 4. The molecule has 3 N–H and O–H groups in total. The van der Waals surface area contributed by atoms with E-state index >= 15 is 0 Å². The average molecular weight is 287 g/mol. The van der Waals surface area contributed by atoms with Gasteiger partial charge >= 0.3 is 0 Å². The Labute approximate surface area is 126 Å². The van der Waals surface area contributed by atoms with Crippen molar-refractivity contribution in [2.75, 3.05) is 6.54 Å². The van der Waals surface area contributed by atoms with Crippen molar-refractivity contribution in [3.8, 4) is 5.75 Å². The number of β-amino-alcohol motifs (C(OH)–C–C–N with tert-alkyl or cyclic N) is 1. The maximum absolute atomic E-state index is 10.4. The van der Waals surface area contributed by atoms with Crippen LogP contribution in [0.2, 0.25) is 0 Å². The second-order valence-electron chi connectivity index (χ2n) is 7.69. The number of aliphatic hydroxyl groups is 1. The van der Waals surface area contributed by atoms with E-state index in [1.165, 1.54) is 38.5 Å². The van der Waals surface area contributed by atoms with Crippen LogP contribution in [0.3, 0.4) is 0 Å². The fraction of sp³-hybridized carbons (Fsp3) is 0.667. The molecule has 114 valence electrons. The minimum absolute atomic E-state index is 0.250. The van der Waals surface area contributed by atoms with E-state index < -0.39 is 6.10 Å². The first-order valence-corrected chi connectivity index (χ1v) is 8.34. The third kappa shape index (κ3) is 2.58. The lowest BCUT2D eigenvalue weighted by Crippen LogP contribution is -2.59. The van der Waals surface area contributed by atoms with Gasteiger partial charge in [0.25, 0.3) is 0 Å². The van der Waals surface area contributed by atoms with Crippen molar-refractivity contribution < 1.29 is 10.2 Å². The van der Waals surface area contributed by atoms with Gasteiger partial charge in [0.05, 0.1) is 6.10 Å². The third-order valence-corrected chi connectivity index (χ3v) is 5.99. The van der Waals surface area contributed by atoms with Gasteiger partial charge in [-0.15, -0.1) is 0 Å². The Hall–Kier alpha value is -1.06. The number of hydrogen-bond donors (Lipinski definition) is 3. The molecule has 1 unspecified atom stereocenters. The highest BCUT2D eigenvalue weighted by Gasteiger charge is 2.50. The number of hydrogen-bond acceptors (Lipinski definition) is 3. The molecule has 0 radical (unpaired) electrons. The predicted molar refractivity (Wildman–Crippen MR) is 82.0 cm³/mol. The van der Waals surface area contributed by atoms with E-state index in [2.05, 4.69) is 5.32 Å². The molecule has 4 aliphatic rings. The van der Waals surface area contributed by atoms with Crippen LogP contribution in [0.1, 0.15) is 50.2 Å². The van der Waals surface area contributed by atoms with Crippen LogP contribution in [0.25, 0.3) is 0 Å². The van der Waals surface area contributed by atoms with Crippen molar-refractivity contribution in [2.45, 2.75) is 50.2 Å². The van der Waals surface area contributed by atoms with Gasteiger partial charge in [0.1, 0.15) is 5.75 Å². The summed E-state index contributed by atoms with van der Waals surface area (Å²) < 4.78 is 0. The molecule has 1 atom stereocenters. The summed E-state index contributed by atoms with van der Waals surface area (Å²) in [6.07, 6.45) is 7.77. The van der Waals surface area contributed by atoms with Gasteiger partial charge < -0.3 is 15.5 Å². The molecular formula is C18H25NO2. The fourth-order valence-electron chi connectivity index (χ4n) is 5.45. The molecule has 1 aromatic rings. The Morgan fingerprint density at radius 2 is 1.52 bits per heavy atom. The average Bonchev–Trinajstić information content (AvgIpc) is 2.44. The first kappa shape index (κ1) is 13.6. The summed E-state index contributed by atoms with van der Waals surface area (Å²) in [6, 6.07) is 6.90. The van der Waals surface area contributed by atoms with Crippen LogP contribution in [-0.2, 0) is 0 Å². The zero-order valence-electron chi connectivity index (χ0n) is 12.5. The number of phenols is 1. The zero-order chi connectivity index (χ0) is 14.4. The van der Waals surface area contributed by atoms with Gasteiger partial charge in [-0.2, -0.15) is 0 Å². The molecule has 4 bridgehead atoms. The van der Waals surface area contributed by atoms with Crippen molar-refractivity contribution in [2.24, 2.45) is 17.8 Å². The largest absolute Gasteiger partial charge is 0.508 e. The summed E-state index contributed by atoms with van der Waals surface area (Å²) in [6.45, 7) is 0.622. The van der Waals surface area contributed by atoms with Crippen LogP contribution in [0, 0.1) is 17.8 Å². The van der Waals surface area contributed by atoms with Gasteiger partial charge in [-0.05, 0) is 74.0 Å². The topological polar surface area (TPSA) is 52.5 Å². The Bertz CT molecular complexity index is 475. The van der Waals surface area contributed by atoms with Crippen molar-refractivity contribution in [3.63, 3.8) is 0 Å².